The third-order valence-electron chi connectivity index (χ3n) is 7.60. The van der Waals surface area contributed by atoms with Crippen molar-refractivity contribution in [1.82, 2.24) is 0 Å². The highest BCUT2D eigenvalue weighted by molar-refractivity contribution is 6.10. The van der Waals surface area contributed by atoms with Crippen LogP contribution in [0.5, 0.6) is 0 Å². The van der Waals surface area contributed by atoms with Gasteiger partial charge in [0, 0.05) is 18.7 Å². The summed E-state index contributed by atoms with van der Waals surface area (Å²) in [6, 6.07) is 13.7. The molecule has 156 valence electrons. The number of carbonyl (C=O) groups excluding carboxylic acids is 1. The highest BCUT2D eigenvalue weighted by atomic mass is 16.2. The Kier molecular flexibility index (Phi) is 4.32. The van der Waals surface area contributed by atoms with Gasteiger partial charge in [0.2, 0.25) is 11.3 Å². The molecule has 3 aliphatic rings. The second kappa shape index (κ2) is 6.47. The summed E-state index contributed by atoms with van der Waals surface area (Å²) in [6.07, 6.45) is 3.35. The zero-order valence-corrected chi connectivity index (χ0v) is 18.2. The van der Waals surface area contributed by atoms with E-state index in [1.807, 2.05) is 30.3 Å². The summed E-state index contributed by atoms with van der Waals surface area (Å²) < 4.78 is 0. The molecule has 2 N–H and O–H groups in total. The van der Waals surface area contributed by atoms with Crippen molar-refractivity contribution in [2.75, 3.05) is 11.9 Å². The Morgan fingerprint density at radius 1 is 1.16 bits per heavy atom. The van der Waals surface area contributed by atoms with E-state index >= 15 is 0 Å². The van der Waals surface area contributed by atoms with Gasteiger partial charge in [0.25, 0.3) is 0 Å². The van der Waals surface area contributed by atoms with Gasteiger partial charge < -0.3 is 10.6 Å². The molecule has 1 spiro atoms. The molecule has 1 aromatic carbocycles. The van der Waals surface area contributed by atoms with Crippen LogP contribution in [0.3, 0.4) is 0 Å². The summed E-state index contributed by atoms with van der Waals surface area (Å²) in [4.78, 5) is 15.6. The summed E-state index contributed by atoms with van der Waals surface area (Å²) in [5, 5.41) is 30.8. The maximum absolute atomic E-state index is 14.1. The molecule has 31 heavy (non-hydrogen) atoms. The fraction of sp³-hybridized carbons (Fsp3) is 0.440. The van der Waals surface area contributed by atoms with Crippen molar-refractivity contribution in [3.05, 3.63) is 52.7 Å². The van der Waals surface area contributed by atoms with Crippen LogP contribution >= 0.6 is 0 Å². The van der Waals surface area contributed by atoms with Gasteiger partial charge in [-0.1, -0.05) is 45.0 Å². The number of hydrogen-bond donors (Lipinski definition) is 1. The van der Waals surface area contributed by atoms with Crippen LogP contribution in [0, 0.1) is 56.7 Å². The van der Waals surface area contributed by atoms with Crippen molar-refractivity contribution in [2.24, 2.45) is 28.4 Å². The molecule has 4 rings (SSSR count). The number of likely N-dealkylation sites (N-methyl/N-ethyl adjacent to an activating group) is 1. The van der Waals surface area contributed by atoms with Crippen LogP contribution < -0.4 is 10.6 Å². The first-order chi connectivity index (χ1) is 14.6. The van der Waals surface area contributed by atoms with Crippen molar-refractivity contribution < 1.29 is 4.79 Å². The Labute approximate surface area is 182 Å². The lowest BCUT2D eigenvalue weighted by Crippen LogP contribution is -2.61. The molecule has 6 heteroatoms. The van der Waals surface area contributed by atoms with Gasteiger partial charge >= 0.3 is 0 Å². The summed E-state index contributed by atoms with van der Waals surface area (Å²) >= 11 is 0. The molecule has 0 fully saturated rings. The van der Waals surface area contributed by atoms with Crippen LogP contribution in [0.15, 0.2) is 47.2 Å². The van der Waals surface area contributed by atoms with Crippen molar-refractivity contribution in [1.29, 1.82) is 15.8 Å². The highest BCUT2D eigenvalue weighted by Gasteiger charge is 2.72. The van der Waals surface area contributed by atoms with Gasteiger partial charge in [-0.25, -0.2) is 0 Å². The minimum Gasteiger partial charge on any atom is -0.399 e. The van der Waals surface area contributed by atoms with E-state index in [2.05, 4.69) is 39.0 Å². The topological polar surface area (TPSA) is 118 Å². The van der Waals surface area contributed by atoms with E-state index in [9.17, 15) is 20.6 Å². The number of carbonyl (C=O) groups is 1. The smallest absolute Gasteiger partial charge is 0.241 e. The molecule has 0 saturated heterocycles. The number of para-hydroxylation sites is 1. The number of nitrogens with zero attached hydrogens (tertiary/aromatic N) is 4. The zero-order chi connectivity index (χ0) is 22.8. The average molecular weight is 412 g/mol. The fourth-order valence-electron chi connectivity index (χ4n) is 5.86. The SMILES string of the molecule is CN1C(=O)C2(c3ccccc31)C1CC(C(C)(C)C)CC=C1C(C#N)=C(N)C2(C#N)C#N. The molecule has 0 radical (unpaired) electrons. The number of hydrogen-bond acceptors (Lipinski definition) is 5. The number of benzene rings is 1. The zero-order valence-electron chi connectivity index (χ0n) is 18.2. The quantitative estimate of drug-likeness (QED) is 0.698. The average Bonchev–Trinajstić information content (AvgIpc) is 2.98. The first-order valence-electron chi connectivity index (χ1n) is 10.4. The first kappa shape index (κ1) is 20.7. The van der Waals surface area contributed by atoms with E-state index < -0.39 is 16.7 Å². The number of amides is 1. The first-order valence-corrected chi connectivity index (χ1v) is 10.4. The van der Waals surface area contributed by atoms with E-state index in [-0.39, 0.29) is 28.5 Å². The predicted molar refractivity (Wildman–Crippen MR) is 116 cm³/mol. The van der Waals surface area contributed by atoms with Gasteiger partial charge in [-0.15, -0.1) is 0 Å². The molecular weight excluding hydrogens is 386 g/mol. The Morgan fingerprint density at radius 2 is 1.81 bits per heavy atom. The maximum atomic E-state index is 14.1. The molecule has 1 aliphatic heterocycles. The largest absolute Gasteiger partial charge is 0.399 e. The van der Waals surface area contributed by atoms with E-state index in [1.54, 1.807) is 7.05 Å². The van der Waals surface area contributed by atoms with Gasteiger partial charge in [-0.3, -0.25) is 4.79 Å². The monoisotopic (exact) mass is 411 g/mol. The van der Waals surface area contributed by atoms with Crippen molar-refractivity contribution in [3.8, 4) is 18.2 Å². The predicted octanol–water partition coefficient (Wildman–Crippen LogP) is 3.68. The molecule has 0 saturated carbocycles. The van der Waals surface area contributed by atoms with Crippen molar-refractivity contribution in [3.63, 3.8) is 0 Å². The van der Waals surface area contributed by atoms with E-state index in [4.69, 9.17) is 5.73 Å². The lowest BCUT2D eigenvalue weighted by Gasteiger charge is -2.52. The van der Waals surface area contributed by atoms with E-state index in [1.165, 1.54) is 4.90 Å². The second-order valence-electron chi connectivity index (χ2n) is 9.81. The van der Waals surface area contributed by atoms with Crippen molar-refractivity contribution >= 4 is 11.6 Å². The molecular formula is C25H25N5O. The Hall–Kier alpha value is -3.56. The van der Waals surface area contributed by atoms with Gasteiger partial charge in [-0.2, -0.15) is 15.8 Å². The number of rotatable bonds is 0. The molecule has 3 unspecified atom stereocenters. The Morgan fingerprint density at radius 3 is 2.39 bits per heavy atom. The lowest BCUT2D eigenvalue weighted by atomic mass is 9.46. The standard InChI is InChI=1S/C25H25N5O/c1-23(2,3)15-9-10-16-17(12-26)21(29)24(13-27,14-28)25(19(16)11-15)18-7-5-6-8-20(18)30(4)22(25)31/h5-8,10,15,19H,9,11,29H2,1-4H3. The number of anilines is 1. The summed E-state index contributed by atoms with van der Waals surface area (Å²) in [5.41, 5.74) is 4.98. The van der Waals surface area contributed by atoms with E-state index in [0.717, 1.165) is 6.42 Å². The third-order valence-corrected chi connectivity index (χ3v) is 7.60. The minimum atomic E-state index is -1.97. The molecule has 0 bridgehead atoms. The van der Waals surface area contributed by atoms with Gasteiger partial charge in [0.15, 0.2) is 0 Å². The molecule has 2 aliphatic carbocycles. The third kappa shape index (κ3) is 2.27. The lowest BCUT2D eigenvalue weighted by molar-refractivity contribution is -0.127. The summed E-state index contributed by atoms with van der Waals surface area (Å²) in [7, 11) is 1.67. The van der Waals surface area contributed by atoms with Crippen molar-refractivity contribution in [2.45, 2.75) is 39.0 Å². The summed E-state index contributed by atoms with van der Waals surface area (Å²) in [6.45, 7) is 6.46. The van der Waals surface area contributed by atoms with Gasteiger partial charge in [-0.05, 0) is 41.4 Å². The highest BCUT2D eigenvalue weighted by Crippen LogP contribution is 2.65. The summed E-state index contributed by atoms with van der Waals surface area (Å²) in [5.74, 6) is -0.592. The molecule has 0 aromatic heterocycles. The number of allylic oxidation sites excluding steroid dienone is 4. The Bertz CT molecular complexity index is 1170. The van der Waals surface area contributed by atoms with Crippen LogP contribution in [0.2, 0.25) is 0 Å². The van der Waals surface area contributed by atoms with Crippen LogP contribution in [0.1, 0.15) is 39.2 Å². The minimum absolute atomic E-state index is 0.0439. The van der Waals surface area contributed by atoms with Crippen LogP contribution in [0.25, 0.3) is 0 Å². The molecule has 1 amide bonds. The molecule has 1 aromatic rings. The molecule has 6 nitrogen and oxygen atoms in total. The molecule has 3 atom stereocenters. The van der Waals surface area contributed by atoms with Crippen LogP contribution in [-0.4, -0.2) is 13.0 Å². The maximum Gasteiger partial charge on any atom is 0.241 e. The number of nitrogens with two attached hydrogens (primary N) is 1. The van der Waals surface area contributed by atoms with Gasteiger partial charge in [0.05, 0.1) is 23.4 Å². The van der Waals surface area contributed by atoms with Crippen LogP contribution in [-0.2, 0) is 10.2 Å². The van der Waals surface area contributed by atoms with Gasteiger partial charge in [0.1, 0.15) is 11.5 Å². The Balaban J connectivity index is 2.17. The van der Waals surface area contributed by atoms with Crippen LogP contribution in [0.4, 0.5) is 5.69 Å². The second-order valence-corrected chi connectivity index (χ2v) is 9.81. The normalized spacial score (nSPS) is 28.9. The number of nitriles is 3. The molecule has 1 heterocycles. The number of fused-ring (bicyclic) bond motifs is 4. The fourth-order valence-corrected chi connectivity index (χ4v) is 5.86. The van der Waals surface area contributed by atoms with E-state index in [0.29, 0.717) is 23.2 Å².